The first-order valence-corrected chi connectivity index (χ1v) is 5.73. The number of nitrogens with zero attached hydrogens (tertiary/aromatic N) is 1. The summed E-state index contributed by atoms with van der Waals surface area (Å²) in [5, 5.41) is 2.66. The number of ether oxygens (including phenoxy) is 2. The van der Waals surface area contributed by atoms with Gasteiger partial charge in [-0.25, -0.2) is 4.98 Å². The van der Waals surface area contributed by atoms with Gasteiger partial charge in [0.15, 0.2) is 0 Å². The first-order chi connectivity index (χ1) is 9.22. The van der Waals surface area contributed by atoms with Crippen LogP contribution in [0.4, 0.5) is 5.95 Å². The molecule has 0 radical (unpaired) electrons. The highest BCUT2D eigenvalue weighted by atomic mass is 16.5. The zero-order valence-electron chi connectivity index (χ0n) is 10.8. The number of anilines is 1. The van der Waals surface area contributed by atoms with Crippen LogP contribution in [0, 0.1) is 0 Å². The van der Waals surface area contributed by atoms with E-state index < -0.39 is 0 Å². The highest BCUT2D eigenvalue weighted by Gasteiger charge is 2.10. The van der Waals surface area contributed by atoms with Crippen LogP contribution >= 0.6 is 0 Å². The Bertz CT molecular complexity index is 552. The Hall–Kier alpha value is -2.50. The van der Waals surface area contributed by atoms with E-state index in [4.69, 9.17) is 9.47 Å². The van der Waals surface area contributed by atoms with Crippen LogP contribution in [0.15, 0.2) is 30.6 Å². The molecule has 2 rings (SSSR count). The third-order valence-corrected chi connectivity index (χ3v) is 2.60. The lowest BCUT2D eigenvalue weighted by molar-refractivity contribution is -0.115. The van der Waals surface area contributed by atoms with Crippen molar-refractivity contribution in [1.82, 2.24) is 9.97 Å². The number of carbonyl (C=O) groups is 1. The number of methoxy groups -OCH3 is 2. The molecule has 0 unspecified atom stereocenters. The van der Waals surface area contributed by atoms with Crippen molar-refractivity contribution in [2.75, 3.05) is 19.5 Å². The molecule has 2 aromatic rings. The summed E-state index contributed by atoms with van der Waals surface area (Å²) in [7, 11) is 3.14. The Morgan fingerprint density at radius 2 is 2.21 bits per heavy atom. The Kier molecular flexibility index (Phi) is 4.02. The van der Waals surface area contributed by atoms with Gasteiger partial charge in [0.2, 0.25) is 11.9 Å². The molecule has 1 aromatic carbocycles. The fourth-order valence-corrected chi connectivity index (χ4v) is 1.68. The van der Waals surface area contributed by atoms with E-state index in [1.54, 1.807) is 44.8 Å². The number of carbonyl (C=O) groups excluding carboxylic acids is 1. The average Bonchev–Trinajstić information content (AvgIpc) is 2.91. The molecule has 1 heterocycles. The molecule has 100 valence electrons. The Morgan fingerprint density at radius 1 is 1.37 bits per heavy atom. The van der Waals surface area contributed by atoms with E-state index in [1.807, 2.05) is 0 Å². The maximum atomic E-state index is 11.8. The molecule has 2 N–H and O–H groups in total. The third-order valence-electron chi connectivity index (χ3n) is 2.60. The number of benzene rings is 1. The van der Waals surface area contributed by atoms with Crippen LogP contribution < -0.4 is 14.8 Å². The highest BCUT2D eigenvalue weighted by molar-refractivity contribution is 5.91. The molecule has 19 heavy (non-hydrogen) atoms. The Labute approximate surface area is 110 Å². The van der Waals surface area contributed by atoms with Crippen molar-refractivity contribution >= 4 is 11.9 Å². The van der Waals surface area contributed by atoms with Crippen LogP contribution in [0.2, 0.25) is 0 Å². The quantitative estimate of drug-likeness (QED) is 0.857. The second-order valence-corrected chi connectivity index (χ2v) is 3.84. The minimum atomic E-state index is -0.168. The Morgan fingerprint density at radius 3 is 2.84 bits per heavy atom. The molecular formula is C13H15N3O3. The van der Waals surface area contributed by atoms with Gasteiger partial charge in [-0.1, -0.05) is 6.07 Å². The molecule has 0 aliphatic heterocycles. The van der Waals surface area contributed by atoms with Crippen LogP contribution in [0.5, 0.6) is 11.5 Å². The van der Waals surface area contributed by atoms with Gasteiger partial charge < -0.3 is 14.5 Å². The molecule has 0 aliphatic carbocycles. The predicted octanol–water partition coefficient (Wildman–Crippen LogP) is 1.61. The van der Waals surface area contributed by atoms with Crippen LogP contribution in [0.3, 0.4) is 0 Å². The summed E-state index contributed by atoms with van der Waals surface area (Å²) in [5.41, 5.74) is 0.785. The van der Waals surface area contributed by atoms with E-state index >= 15 is 0 Å². The number of amides is 1. The minimum Gasteiger partial charge on any atom is -0.497 e. The predicted molar refractivity (Wildman–Crippen MR) is 70.5 cm³/mol. The van der Waals surface area contributed by atoms with Crippen LogP contribution in [0.25, 0.3) is 0 Å². The SMILES string of the molecule is COc1ccc(CC(=O)Nc2ncc[nH]2)c(OC)c1. The van der Waals surface area contributed by atoms with E-state index in [2.05, 4.69) is 15.3 Å². The summed E-state index contributed by atoms with van der Waals surface area (Å²) in [6.07, 6.45) is 3.42. The number of rotatable bonds is 5. The number of imidazole rings is 1. The monoisotopic (exact) mass is 261 g/mol. The number of H-pyrrole nitrogens is 1. The average molecular weight is 261 g/mol. The van der Waals surface area contributed by atoms with E-state index in [0.717, 1.165) is 5.56 Å². The first-order valence-electron chi connectivity index (χ1n) is 5.73. The third kappa shape index (κ3) is 3.25. The van der Waals surface area contributed by atoms with E-state index in [1.165, 1.54) is 0 Å². The molecule has 0 spiro atoms. The van der Waals surface area contributed by atoms with Crippen molar-refractivity contribution in [2.24, 2.45) is 0 Å². The maximum Gasteiger partial charge on any atom is 0.231 e. The first kappa shape index (κ1) is 12.9. The largest absolute Gasteiger partial charge is 0.497 e. The van der Waals surface area contributed by atoms with Gasteiger partial charge in [-0.3, -0.25) is 10.1 Å². The van der Waals surface area contributed by atoms with Gasteiger partial charge >= 0.3 is 0 Å². The van der Waals surface area contributed by atoms with Crippen molar-refractivity contribution in [2.45, 2.75) is 6.42 Å². The molecule has 6 nitrogen and oxygen atoms in total. The highest BCUT2D eigenvalue weighted by Crippen LogP contribution is 2.25. The normalized spacial score (nSPS) is 10.0. The summed E-state index contributed by atoms with van der Waals surface area (Å²) < 4.78 is 10.3. The molecule has 0 saturated carbocycles. The Balaban J connectivity index is 2.07. The number of nitrogens with one attached hydrogen (secondary N) is 2. The fourth-order valence-electron chi connectivity index (χ4n) is 1.68. The zero-order chi connectivity index (χ0) is 13.7. The van der Waals surface area contributed by atoms with Gasteiger partial charge in [-0.2, -0.15) is 0 Å². The van der Waals surface area contributed by atoms with E-state index in [0.29, 0.717) is 17.4 Å². The smallest absolute Gasteiger partial charge is 0.231 e. The van der Waals surface area contributed by atoms with Crippen LogP contribution in [-0.4, -0.2) is 30.1 Å². The van der Waals surface area contributed by atoms with E-state index in [9.17, 15) is 4.79 Å². The maximum absolute atomic E-state index is 11.8. The molecule has 0 saturated heterocycles. The summed E-state index contributed by atoms with van der Waals surface area (Å²) >= 11 is 0. The van der Waals surface area contributed by atoms with Gasteiger partial charge in [-0.05, 0) is 6.07 Å². The lowest BCUT2D eigenvalue weighted by Gasteiger charge is -2.10. The topological polar surface area (TPSA) is 76.2 Å². The minimum absolute atomic E-state index is 0.168. The van der Waals surface area contributed by atoms with Crippen LogP contribution in [-0.2, 0) is 11.2 Å². The molecular weight excluding hydrogens is 246 g/mol. The molecule has 0 fully saturated rings. The lowest BCUT2D eigenvalue weighted by atomic mass is 10.1. The molecule has 0 aliphatic rings. The number of hydrogen-bond donors (Lipinski definition) is 2. The van der Waals surface area contributed by atoms with Gasteiger partial charge in [0.05, 0.1) is 20.6 Å². The molecule has 1 aromatic heterocycles. The van der Waals surface area contributed by atoms with Crippen molar-refractivity contribution < 1.29 is 14.3 Å². The summed E-state index contributed by atoms with van der Waals surface area (Å²) in [5.74, 6) is 1.57. The summed E-state index contributed by atoms with van der Waals surface area (Å²) in [6, 6.07) is 5.34. The second kappa shape index (κ2) is 5.90. The van der Waals surface area contributed by atoms with Crippen molar-refractivity contribution in [1.29, 1.82) is 0 Å². The van der Waals surface area contributed by atoms with E-state index in [-0.39, 0.29) is 12.3 Å². The van der Waals surface area contributed by atoms with Gasteiger partial charge in [0.25, 0.3) is 0 Å². The van der Waals surface area contributed by atoms with Gasteiger partial charge in [0.1, 0.15) is 11.5 Å². The van der Waals surface area contributed by atoms with Crippen molar-refractivity contribution in [3.8, 4) is 11.5 Å². The standard InChI is InChI=1S/C13H15N3O3/c1-18-10-4-3-9(11(8-10)19-2)7-12(17)16-13-14-5-6-15-13/h3-6,8H,7H2,1-2H3,(H2,14,15,16,17). The molecule has 6 heteroatoms. The van der Waals surface area contributed by atoms with Crippen molar-refractivity contribution in [3.05, 3.63) is 36.2 Å². The summed E-state index contributed by atoms with van der Waals surface area (Å²) in [4.78, 5) is 18.6. The number of aromatic nitrogens is 2. The second-order valence-electron chi connectivity index (χ2n) is 3.84. The molecule has 0 bridgehead atoms. The zero-order valence-corrected chi connectivity index (χ0v) is 10.8. The number of hydrogen-bond acceptors (Lipinski definition) is 4. The number of aromatic amines is 1. The van der Waals surface area contributed by atoms with Gasteiger partial charge in [-0.15, -0.1) is 0 Å². The van der Waals surface area contributed by atoms with Crippen LogP contribution in [0.1, 0.15) is 5.56 Å². The lowest BCUT2D eigenvalue weighted by Crippen LogP contribution is -2.15. The van der Waals surface area contributed by atoms with Crippen molar-refractivity contribution in [3.63, 3.8) is 0 Å². The van der Waals surface area contributed by atoms with Gasteiger partial charge in [0, 0.05) is 24.0 Å². The molecule has 0 atom stereocenters. The molecule has 1 amide bonds. The summed E-state index contributed by atoms with van der Waals surface area (Å²) in [6.45, 7) is 0. The fraction of sp³-hybridized carbons (Fsp3) is 0.231.